The van der Waals surface area contributed by atoms with Gasteiger partial charge in [-0.25, -0.2) is 13.2 Å². The normalized spacial score (nSPS) is 11.9. The zero-order valence-corrected chi connectivity index (χ0v) is 17.1. The van der Waals surface area contributed by atoms with Crippen molar-refractivity contribution < 1.29 is 13.2 Å². The van der Waals surface area contributed by atoms with Gasteiger partial charge in [0.2, 0.25) is 15.9 Å². The largest absolute Gasteiger partial charge is 0.328 e. The number of carbonyl (C=O) groups excluding carboxylic acids is 1. The fraction of sp³-hybridized carbons (Fsp3) is 0.222. The number of aryl methyl sites for hydroxylation is 2. The molecule has 3 rings (SSSR count). The lowest BCUT2D eigenvalue weighted by atomic mass is 10.3. The van der Waals surface area contributed by atoms with E-state index in [1.54, 1.807) is 44.4 Å². The van der Waals surface area contributed by atoms with Crippen LogP contribution in [-0.2, 0) is 28.9 Å². The van der Waals surface area contributed by atoms with E-state index in [1.807, 2.05) is 0 Å². The first kappa shape index (κ1) is 20.1. The van der Waals surface area contributed by atoms with Crippen LogP contribution in [0.25, 0.3) is 11.0 Å². The Morgan fingerprint density at radius 3 is 2.46 bits per heavy atom. The fourth-order valence-electron chi connectivity index (χ4n) is 2.88. The number of nitrogens with zero attached hydrogens (tertiary/aromatic N) is 3. The molecular weight excluding hydrogens is 404 g/mol. The Kier molecular flexibility index (Phi) is 5.33. The molecule has 0 radical (unpaired) electrons. The molecule has 0 spiro atoms. The average molecular weight is 423 g/mol. The number of hydrogen-bond acceptors (Lipinski definition) is 4. The maximum atomic E-state index is 12.9. The summed E-state index contributed by atoms with van der Waals surface area (Å²) in [6.07, 6.45) is 0. The summed E-state index contributed by atoms with van der Waals surface area (Å²) in [7, 11) is 0.585. The van der Waals surface area contributed by atoms with Crippen molar-refractivity contribution in [2.75, 3.05) is 18.9 Å². The maximum absolute atomic E-state index is 12.9. The van der Waals surface area contributed by atoms with Crippen molar-refractivity contribution in [1.29, 1.82) is 0 Å². The molecule has 2 aromatic carbocycles. The topological polar surface area (TPSA) is 93.4 Å². The van der Waals surface area contributed by atoms with E-state index >= 15 is 0 Å². The number of halogens is 1. The van der Waals surface area contributed by atoms with Crippen LogP contribution in [0.5, 0.6) is 0 Å². The first-order valence-corrected chi connectivity index (χ1v) is 10.1. The van der Waals surface area contributed by atoms with E-state index in [0.717, 1.165) is 4.31 Å². The van der Waals surface area contributed by atoms with E-state index in [2.05, 4.69) is 5.32 Å². The first-order chi connectivity index (χ1) is 13.1. The third-order valence-electron chi connectivity index (χ3n) is 4.43. The minimum Gasteiger partial charge on any atom is -0.325 e. The lowest BCUT2D eigenvalue weighted by molar-refractivity contribution is -0.116. The zero-order valence-electron chi connectivity index (χ0n) is 15.5. The number of amides is 1. The van der Waals surface area contributed by atoms with Gasteiger partial charge in [0.1, 0.15) is 0 Å². The molecule has 0 fully saturated rings. The number of imidazole rings is 1. The maximum Gasteiger partial charge on any atom is 0.328 e. The van der Waals surface area contributed by atoms with Gasteiger partial charge < -0.3 is 5.32 Å². The summed E-state index contributed by atoms with van der Waals surface area (Å²) < 4.78 is 29.5. The Labute approximate surface area is 167 Å². The second-order valence-electron chi connectivity index (χ2n) is 6.37. The Morgan fingerprint density at radius 1 is 1.11 bits per heavy atom. The van der Waals surface area contributed by atoms with E-state index in [9.17, 15) is 18.0 Å². The van der Waals surface area contributed by atoms with Crippen LogP contribution in [0.15, 0.2) is 52.2 Å². The van der Waals surface area contributed by atoms with Crippen LogP contribution in [0.4, 0.5) is 5.69 Å². The van der Waals surface area contributed by atoms with Gasteiger partial charge in [-0.1, -0.05) is 17.7 Å². The lowest BCUT2D eigenvalue weighted by Crippen LogP contribution is -2.35. The molecule has 3 aromatic rings. The molecular formula is C18H19ClN4O4S. The molecule has 0 aliphatic rings. The van der Waals surface area contributed by atoms with E-state index in [1.165, 1.54) is 28.3 Å². The predicted octanol–water partition coefficient (Wildman–Crippen LogP) is 1.79. The van der Waals surface area contributed by atoms with Crippen molar-refractivity contribution in [1.82, 2.24) is 13.4 Å². The Bertz CT molecular complexity index is 1230. The van der Waals surface area contributed by atoms with Gasteiger partial charge in [0, 0.05) is 31.9 Å². The van der Waals surface area contributed by atoms with E-state index in [4.69, 9.17) is 11.6 Å². The first-order valence-electron chi connectivity index (χ1n) is 8.28. The van der Waals surface area contributed by atoms with Gasteiger partial charge in [-0.2, -0.15) is 4.31 Å². The van der Waals surface area contributed by atoms with Crippen LogP contribution in [0, 0.1) is 0 Å². The molecule has 0 bridgehead atoms. The van der Waals surface area contributed by atoms with E-state index in [-0.39, 0.29) is 17.1 Å². The minimum atomic E-state index is -3.92. The standard InChI is InChI=1S/C18H19ClN4O4S/c1-21(11-17(24)20-13-6-4-5-12(19)9-13)28(26,27)14-7-8-15-16(10-14)23(3)18(25)22(15)2/h4-10H,11H2,1-3H3,(H,20,24). The fourth-order valence-corrected chi connectivity index (χ4v) is 4.22. The van der Waals surface area contributed by atoms with Crippen LogP contribution < -0.4 is 11.0 Å². The molecule has 0 saturated carbocycles. The number of likely N-dealkylation sites (N-methyl/N-ethyl adjacent to an activating group) is 1. The highest BCUT2D eigenvalue weighted by molar-refractivity contribution is 7.89. The molecule has 10 heteroatoms. The predicted molar refractivity (Wildman–Crippen MR) is 108 cm³/mol. The molecule has 28 heavy (non-hydrogen) atoms. The summed E-state index contributed by atoms with van der Waals surface area (Å²) >= 11 is 5.88. The number of carbonyl (C=O) groups is 1. The van der Waals surface area contributed by atoms with Gasteiger partial charge in [-0.15, -0.1) is 0 Å². The van der Waals surface area contributed by atoms with Gasteiger partial charge in [-0.3, -0.25) is 13.9 Å². The van der Waals surface area contributed by atoms with Crippen LogP contribution in [0.2, 0.25) is 5.02 Å². The van der Waals surface area contributed by atoms with Crippen molar-refractivity contribution in [2.24, 2.45) is 14.1 Å². The van der Waals surface area contributed by atoms with E-state index < -0.39 is 15.9 Å². The number of anilines is 1. The second-order valence-corrected chi connectivity index (χ2v) is 8.85. The Morgan fingerprint density at radius 2 is 1.79 bits per heavy atom. The van der Waals surface area contributed by atoms with E-state index in [0.29, 0.717) is 21.7 Å². The Balaban J connectivity index is 1.83. The summed E-state index contributed by atoms with van der Waals surface area (Å²) in [4.78, 5) is 24.2. The molecule has 1 aromatic heterocycles. The lowest BCUT2D eigenvalue weighted by Gasteiger charge is -2.17. The zero-order chi connectivity index (χ0) is 20.6. The number of fused-ring (bicyclic) bond motifs is 1. The van der Waals surface area contributed by atoms with Crippen molar-refractivity contribution >= 4 is 44.3 Å². The molecule has 148 valence electrons. The van der Waals surface area contributed by atoms with Crippen molar-refractivity contribution in [2.45, 2.75) is 4.90 Å². The Hall–Kier alpha value is -2.62. The highest BCUT2D eigenvalue weighted by Gasteiger charge is 2.24. The minimum absolute atomic E-state index is 0.000689. The molecule has 0 aliphatic heterocycles. The second kappa shape index (κ2) is 7.42. The number of nitrogens with one attached hydrogen (secondary N) is 1. The van der Waals surface area contributed by atoms with Crippen molar-refractivity contribution in [3.05, 3.63) is 58.0 Å². The van der Waals surface area contributed by atoms with Gasteiger partial charge >= 0.3 is 5.69 Å². The summed E-state index contributed by atoms with van der Waals surface area (Å²) in [5.41, 5.74) is 1.33. The summed E-state index contributed by atoms with van der Waals surface area (Å²) in [6.45, 7) is -0.374. The number of rotatable bonds is 5. The molecule has 0 saturated heterocycles. The third kappa shape index (κ3) is 3.68. The quantitative estimate of drug-likeness (QED) is 0.678. The number of aromatic nitrogens is 2. The summed E-state index contributed by atoms with van der Waals surface area (Å²) in [5.74, 6) is -0.499. The smallest absolute Gasteiger partial charge is 0.325 e. The molecule has 0 unspecified atom stereocenters. The highest BCUT2D eigenvalue weighted by Crippen LogP contribution is 2.21. The van der Waals surface area contributed by atoms with Crippen molar-refractivity contribution in [3.63, 3.8) is 0 Å². The van der Waals surface area contributed by atoms with Crippen LogP contribution in [0.1, 0.15) is 0 Å². The average Bonchev–Trinajstić information content (AvgIpc) is 2.85. The van der Waals surface area contributed by atoms with Gasteiger partial charge in [0.05, 0.1) is 22.5 Å². The van der Waals surface area contributed by atoms with Crippen LogP contribution in [0.3, 0.4) is 0 Å². The molecule has 8 nitrogen and oxygen atoms in total. The molecule has 0 aliphatic carbocycles. The molecule has 0 atom stereocenters. The van der Waals surface area contributed by atoms with Gasteiger partial charge in [0.25, 0.3) is 0 Å². The van der Waals surface area contributed by atoms with Gasteiger partial charge in [-0.05, 0) is 36.4 Å². The molecule has 1 N–H and O–H groups in total. The van der Waals surface area contributed by atoms with Gasteiger partial charge in [0.15, 0.2) is 0 Å². The molecule has 1 heterocycles. The molecule has 1 amide bonds. The highest BCUT2D eigenvalue weighted by atomic mass is 35.5. The third-order valence-corrected chi connectivity index (χ3v) is 6.46. The van der Waals surface area contributed by atoms with Crippen molar-refractivity contribution in [3.8, 4) is 0 Å². The van der Waals surface area contributed by atoms with Crippen LogP contribution in [-0.4, -0.2) is 41.4 Å². The SMILES string of the molecule is CN(CC(=O)Nc1cccc(Cl)c1)S(=O)(=O)c1ccc2c(c1)n(C)c(=O)n2C. The summed E-state index contributed by atoms with van der Waals surface area (Å²) in [6, 6.07) is 11.0. The monoisotopic (exact) mass is 422 g/mol. The number of benzene rings is 2. The summed E-state index contributed by atoms with van der Waals surface area (Å²) in [5, 5.41) is 3.07. The number of sulfonamides is 1. The van der Waals surface area contributed by atoms with Crippen LogP contribution >= 0.6 is 11.6 Å². The number of hydrogen-bond donors (Lipinski definition) is 1.